The van der Waals surface area contributed by atoms with Crippen LogP contribution in [0.1, 0.15) is 41.5 Å². The number of carbonyl (C=O) groups is 3. The predicted octanol–water partition coefficient (Wildman–Crippen LogP) is 2.20. The monoisotopic (exact) mass is 329 g/mol. The fourth-order valence-electron chi connectivity index (χ4n) is 1.64. The lowest BCUT2D eigenvalue weighted by Gasteiger charge is -2.20. The van der Waals surface area contributed by atoms with E-state index in [0.717, 1.165) is 0 Å². The number of hydrogen-bond donors (Lipinski definition) is 1. The third-order valence-corrected chi connectivity index (χ3v) is 2.47. The average Bonchev–Trinajstić information content (AvgIpc) is 2.39. The lowest BCUT2D eigenvalue weighted by molar-refractivity contribution is -0.154. The molecule has 0 aromatic carbocycles. The van der Waals surface area contributed by atoms with Crippen molar-refractivity contribution in [1.82, 2.24) is 5.32 Å². The van der Waals surface area contributed by atoms with Crippen molar-refractivity contribution in [2.75, 3.05) is 13.7 Å². The second-order valence-electron chi connectivity index (χ2n) is 6.35. The van der Waals surface area contributed by atoms with Gasteiger partial charge in [-0.1, -0.05) is 19.9 Å². The lowest BCUT2D eigenvalue weighted by atomic mass is 10.0. The number of ether oxygens (including phenoxy) is 3. The summed E-state index contributed by atoms with van der Waals surface area (Å²) in [7, 11) is 1.18. The largest absolute Gasteiger partial charge is 0.508 e. The highest BCUT2D eigenvalue weighted by Crippen LogP contribution is 2.12. The fourth-order valence-corrected chi connectivity index (χ4v) is 1.64. The minimum Gasteiger partial charge on any atom is -0.459 e. The van der Waals surface area contributed by atoms with Crippen LogP contribution in [0.15, 0.2) is 11.6 Å². The first-order valence-electron chi connectivity index (χ1n) is 7.42. The third-order valence-electron chi connectivity index (χ3n) is 2.47. The van der Waals surface area contributed by atoms with Crippen LogP contribution in [-0.2, 0) is 23.8 Å². The summed E-state index contributed by atoms with van der Waals surface area (Å²) in [6.45, 7) is 10.3. The molecule has 1 amide bonds. The van der Waals surface area contributed by atoms with E-state index in [2.05, 4.69) is 10.1 Å². The Morgan fingerprint density at radius 2 is 1.70 bits per heavy atom. The summed E-state index contributed by atoms with van der Waals surface area (Å²) < 4.78 is 14.5. The Labute approximate surface area is 137 Å². The van der Waals surface area contributed by atoms with Crippen molar-refractivity contribution >= 4 is 18.0 Å². The third kappa shape index (κ3) is 9.55. The van der Waals surface area contributed by atoms with Gasteiger partial charge in [-0.3, -0.25) is 9.59 Å². The molecule has 0 aliphatic heterocycles. The zero-order valence-electron chi connectivity index (χ0n) is 14.9. The number of esters is 1. The normalized spacial score (nSPS) is 13.3. The van der Waals surface area contributed by atoms with Gasteiger partial charge >= 0.3 is 12.1 Å². The van der Waals surface area contributed by atoms with Crippen LogP contribution in [0.5, 0.6) is 0 Å². The highest BCUT2D eigenvalue weighted by molar-refractivity contribution is 5.96. The molecule has 0 spiro atoms. The molecule has 0 aliphatic carbocycles. The van der Waals surface area contributed by atoms with Crippen LogP contribution in [0.3, 0.4) is 0 Å². The number of carbonyl (C=O) groups excluding carboxylic acids is 3. The number of allylic oxidation sites excluding steroid dienone is 1. The van der Waals surface area contributed by atoms with Crippen molar-refractivity contribution in [3.63, 3.8) is 0 Å². The SMILES string of the molecule is COC(=O)OC(C)/C(=C/C(C)C)C(=O)NCC(=O)OC(C)(C)C. The molecule has 7 heteroatoms. The molecule has 1 unspecified atom stereocenters. The zero-order chi connectivity index (χ0) is 18.2. The second-order valence-corrected chi connectivity index (χ2v) is 6.35. The van der Waals surface area contributed by atoms with Crippen molar-refractivity contribution < 1.29 is 28.6 Å². The van der Waals surface area contributed by atoms with Gasteiger partial charge in [-0.15, -0.1) is 0 Å². The van der Waals surface area contributed by atoms with Gasteiger partial charge in [0.05, 0.1) is 12.7 Å². The summed E-state index contributed by atoms with van der Waals surface area (Å²) in [5.41, 5.74) is -0.381. The van der Waals surface area contributed by atoms with Crippen molar-refractivity contribution in [3.05, 3.63) is 11.6 Å². The van der Waals surface area contributed by atoms with Gasteiger partial charge in [0.25, 0.3) is 5.91 Å². The van der Waals surface area contributed by atoms with E-state index in [-0.39, 0.29) is 18.0 Å². The Morgan fingerprint density at radius 3 is 2.13 bits per heavy atom. The summed E-state index contributed by atoms with van der Waals surface area (Å²) in [6.07, 6.45) is -0.0199. The van der Waals surface area contributed by atoms with Crippen LogP contribution >= 0.6 is 0 Å². The van der Waals surface area contributed by atoms with Crippen LogP contribution in [0.2, 0.25) is 0 Å². The van der Waals surface area contributed by atoms with E-state index in [9.17, 15) is 14.4 Å². The van der Waals surface area contributed by atoms with Gasteiger partial charge in [0.2, 0.25) is 0 Å². The van der Waals surface area contributed by atoms with Gasteiger partial charge in [-0.25, -0.2) is 4.79 Å². The maximum absolute atomic E-state index is 12.2. The van der Waals surface area contributed by atoms with E-state index < -0.39 is 29.7 Å². The van der Waals surface area contributed by atoms with Crippen molar-refractivity contribution in [2.24, 2.45) is 5.92 Å². The Bertz CT molecular complexity index is 462. The molecule has 0 saturated heterocycles. The minimum absolute atomic E-state index is 0.0565. The minimum atomic E-state index is -0.882. The molecule has 1 atom stereocenters. The fraction of sp³-hybridized carbons (Fsp3) is 0.688. The molecule has 0 aromatic rings. The second kappa shape index (κ2) is 9.17. The molecule has 0 rings (SSSR count). The number of nitrogens with one attached hydrogen (secondary N) is 1. The summed E-state index contributed by atoms with van der Waals surface area (Å²) in [5.74, 6) is -0.988. The molecule has 7 nitrogen and oxygen atoms in total. The first-order valence-corrected chi connectivity index (χ1v) is 7.42. The molecule has 0 bridgehead atoms. The van der Waals surface area contributed by atoms with Crippen molar-refractivity contribution in [3.8, 4) is 0 Å². The summed E-state index contributed by atoms with van der Waals surface area (Å²) in [5, 5.41) is 2.47. The maximum Gasteiger partial charge on any atom is 0.508 e. The number of rotatable bonds is 6. The molecule has 1 N–H and O–H groups in total. The smallest absolute Gasteiger partial charge is 0.459 e. The first-order chi connectivity index (χ1) is 10.5. The molecular formula is C16H27NO6. The van der Waals surface area contributed by atoms with Crippen LogP contribution in [0, 0.1) is 5.92 Å². The van der Waals surface area contributed by atoms with E-state index in [4.69, 9.17) is 9.47 Å². The van der Waals surface area contributed by atoms with E-state index in [0.29, 0.717) is 0 Å². The first kappa shape index (κ1) is 20.9. The number of amides is 1. The number of hydrogen-bond acceptors (Lipinski definition) is 6. The Hall–Kier alpha value is -2.05. The molecule has 0 aromatic heterocycles. The Balaban J connectivity index is 4.84. The Morgan fingerprint density at radius 1 is 1.13 bits per heavy atom. The molecule has 0 heterocycles. The van der Waals surface area contributed by atoms with Crippen LogP contribution in [0.4, 0.5) is 4.79 Å². The summed E-state index contributed by atoms with van der Waals surface area (Å²) in [6, 6.07) is 0. The summed E-state index contributed by atoms with van der Waals surface area (Å²) in [4.78, 5) is 35.1. The zero-order valence-corrected chi connectivity index (χ0v) is 14.9. The van der Waals surface area contributed by atoms with Crippen molar-refractivity contribution in [1.29, 1.82) is 0 Å². The van der Waals surface area contributed by atoms with Gasteiger partial charge < -0.3 is 19.5 Å². The maximum atomic E-state index is 12.2. The van der Waals surface area contributed by atoms with Crippen molar-refractivity contribution in [2.45, 2.75) is 53.2 Å². The predicted molar refractivity (Wildman–Crippen MR) is 84.7 cm³/mol. The standard InChI is InChI=1S/C16H27NO6/c1-10(2)8-12(11(3)22-15(20)21-7)14(19)17-9-13(18)23-16(4,5)6/h8,10-11H,9H2,1-7H3,(H,17,19)/b12-8-. The van der Waals surface area contributed by atoms with Gasteiger partial charge in [-0.05, 0) is 33.6 Å². The topological polar surface area (TPSA) is 90.9 Å². The average molecular weight is 329 g/mol. The number of methoxy groups -OCH3 is 1. The highest BCUT2D eigenvalue weighted by atomic mass is 16.7. The van der Waals surface area contributed by atoms with E-state index in [1.807, 2.05) is 13.8 Å². The molecule has 0 saturated carbocycles. The molecule has 0 fully saturated rings. The van der Waals surface area contributed by atoms with Crippen LogP contribution < -0.4 is 5.32 Å². The van der Waals surface area contributed by atoms with Crippen LogP contribution in [0.25, 0.3) is 0 Å². The van der Waals surface area contributed by atoms with E-state index in [1.165, 1.54) is 7.11 Å². The molecule has 0 radical (unpaired) electrons. The molecule has 132 valence electrons. The van der Waals surface area contributed by atoms with E-state index >= 15 is 0 Å². The molecule has 0 aliphatic rings. The van der Waals surface area contributed by atoms with Gasteiger partial charge in [0, 0.05) is 0 Å². The quantitative estimate of drug-likeness (QED) is 0.593. The van der Waals surface area contributed by atoms with Gasteiger partial charge in [0.15, 0.2) is 0 Å². The summed E-state index contributed by atoms with van der Waals surface area (Å²) >= 11 is 0. The van der Waals surface area contributed by atoms with Gasteiger partial charge in [-0.2, -0.15) is 0 Å². The highest BCUT2D eigenvalue weighted by Gasteiger charge is 2.23. The Kier molecular flexibility index (Phi) is 8.35. The lowest BCUT2D eigenvalue weighted by Crippen LogP contribution is -2.37. The van der Waals surface area contributed by atoms with E-state index in [1.54, 1.807) is 33.8 Å². The van der Waals surface area contributed by atoms with Crippen LogP contribution in [-0.4, -0.2) is 43.4 Å². The van der Waals surface area contributed by atoms with Gasteiger partial charge in [0.1, 0.15) is 18.2 Å². The molecular weight excluding hydrogens is 302 g/mol. The molecule has 23 heavy (non-hydrogen) atoms.